The Labute approximate surface area is 227 Å². The highest BCUT2D eigenvalue weighted by Crippen LogP contribution is 2.38. The molecule has 10 heteroatoms. The van der Waals surface area contributed by atoms with E-state index in [4.69, 9.17) is 9.47 Å². The molecule has 1 aliphatic carbocycles. The largest absolute Gasteiger partial charge is 0.488 e. The zero-order valence-corrected chi connectivity index (χ0v) is 22.6. The first-order valence-electron chi connectivity index (χ1n) is 11.9. The number of nitrogens with one attached hydrogen (secondary N) is 2. The molecule has 1 aromatic heterocycles. The molecule has 0 spiro atoms. The number of hydrogen-bond donors (Lipinski definition) is 2. The number of hydrazone groups is 1. The number of ether oxygens (including phenoxy) is 2. The SMILES string of the molecule is CCOC(=O)c1c(NC(=O)C(=O)N/N=C\c2cc(Br)ccc2OCc2ccccc2)sc2c1CCCC2. The molecule has 4 rings (SSSR count). The van der Waals surface area contributed by atoms with Gasteiger partial charge in [-0.1, -0.05) is 46.3 Å². The number of halogens is 1. The van der Waals surface area contributed by atoms with E-state index in [1.165, 1.54) is 17.6 Å². The fourth-order valence-electron chi connectivity index (χ4n) is 3.93. The van der Waals surface area contributed by atoms with Crippen LogP contribution in [0.4, 0.5) is 5.00 Å². The fraction of sp³-hybridized carbons (Fsp3) is 0.259. The first-order valence-corrected chi connectivity index (χ1v) is 13.5. The number of carbonyl (C=O) groups excluding carboxylic acids is 3. The molecule has 2 aromatic carbocycles. The van der Waals surface area contributed by atoms with Crippen LogP contribution in [-0.2, 0) is 33.8 Å². The zero-order valence-electron chi connectivity index (χ0n) is 20.2. The predicted molar refractivity (Wildman–Crippen MR) is 146 cm³/mol. The van der Waals surface area contributed by atoms with Gasteiger partial charge in [0.05, 0.1) is 18.4 Å². The van der Waals surface area contributed by atoms with Crippen LogP contribution in [0.3, 0.4) is 0 Å². The summed E-state index contributed by atoms with van der Waals surface area (Å²) < 4.78 is 11.9. The van der Waals surface area contributed by atoms with Crippen molar-refractivity contribution in [2.24, 2.45) is 5.10 Å². The van der Waals surface area contributed by atoms with E-state index in [0.717, 1.165) is 46.2 Å². The van der Waals surface area contributed by atoms with E-state index in [2.05, 4.69) is 31.8 Å². The third-order valence-corrected chi connectivity index (χ3v) is 7.36. The first kappa shape index (κ1) is 26.6. The summed E-state index contributed by atoms with van der Waals surface area (Å²) in [7, 11) is 0. The van der Waals surface area contributed by atoms with Gasteiger partial charge in [0.2, 0.25) is 0 Å². The molecule has 0 aliphatic heterocycles. The summed E-state index contributed by atoms with van der Waals surface area (Å²) in [4.78, 5) is 38.7. The highest BCUT2D eigenvalue weighted by atomic mass is 79.9. The molecule has 2 N–H and O–H groups in total. The summed E-state index contributed by atoms with van der Waals surface area (Å²) >= 11 is 4.74. The van der Waals surface area contributed by atoms with Gasteiger partial charge in [-0.2, -0.15) is 5.10 Å². The molecular formula is C27H26BrN3O5S. The normalized spacial score (nSPS) is 12.6. The van der Waals surface area contributed by atoms with Gasteiger partial charge in [0.15, 0.2) is 0 Å². The van der Waals surface area contributed by atoms with Crippen LogP contribution in [0, 0.1) is 0 Å². The van der Waals surface area contributed by atoms with E-state index in [9.17, 15) is 14.4 Å². The monoisotopic (exact) mass is 583 g/mol. The Morgan fingerprint density at radius 2 is 1.86 bits per heavy atom. The second-order valence-electron chi connectivity index (χ2n) is 8.25. The molecule has 3 aromatic rings. The Hall–Kier alpha value is -3.50. The van der Waals surface area contributed by atoms with Crippen molar-refractivity contribution in [3.63, 3.8) is 0 Å². The summed E-state index contributed by atoms with van der Waals surface area (Å²) in [6.07, 6.45) is 4.97. The third-order valence-electron chi connectivity index (χ3n) is 5.66. The van der Waals surface area contributed by atoms with Crippen molar-refractivity contribution in [1.82, 2.24) is 5.43 Å². The smallest absolute Gasteiger partial charge is 0.341 e. The van der Waals surface area contributed by atoms with E-state index in [1.807, 2.05) is 36.4 Å². The van der Waals surface area contributed by atoms with Gasteiger partial charge < -0.3 is 14.8 Å². The summed E-state index contributed by atoms with van der Waals surface area (Å²) in [6.45, 7) is 2.31. The molecule has 0 fully saturated rings. The summed E-state index contributed by atoms with van der Waals surface area (Å²) in [5.74, 6) is -1.80. The van der Waals surface area contributed by atoms with Crippen LogP contribution in [0.2, 0.25) is 0 Å². The van der Waals surface area contributed by atoms with Crippen molar-refractivity contribution in [2.75, 3.05) is 11.9 Å². The number of nitrogens with zero attached hydrogens (tertiary/aromatic N) is 1. The number of anilines is 1. The Morgan fingerprint density at radius 3 is 2.65 bits per heavy atom. The Bertz CT molecular complexity index is 1320. The molecule has 0 radical (unpaired) electrons. The van der Waals surface area contributed by atoms with Crippen molar-refractivity contribution in [2.45, 2.75) is 39.2 Å². The lowest BCUT2D eigenvalue weighted by Gasteiger charge is -2.12. The lowest BCUT2D eigenvalue weighted by atomic mass is 9.95. The van der Waals surface area contributed by atoms with Crippen molar-refractivity contribution in [3.05, 3.63) is 80.1 Å². The molecule has 2 amide bonds. The van der Waals surface area contributed by atoms with Crippen molar-refractivity contribution < 1.29 is 23.9 Å². The zero-order chi connectivity index (χ0) is 26.2. The van der Waals surface area contributed by atoms with Gasteiger partial charge in [-0.15, -0.1) is 11.3 Å². The Morgan fingerprint density at radius 1 is 1.08 bits per heavy atom. The van der Waals surface area contributed by atoms with Crippen LogP contribution in [-0.4, -0.2) is 30.6 Å². The second-order valence-corrected chi connectivity index (χ2v) is 10.3. The van der Waals surface area contributed by atoms with Crippen LogP contribution in [0.5, 0.6) is 5.75 Å². The molecular weight excluding hydrogens is 558 g/mol. The van der Waals surface area contributed by atoms with E-state index in [-0.39, 0.29) is 6.61 Å². The minimum Gasteiger partial charge on any atom is -0.488 e. The van der Waals surface area contributed by atoms with Crippen molar-refractivity contribution in [3.8, 4) is 5.75 Å². The molecule has 37 heavy (non-hydrogen) atoms. The molecule has 192 valence electrons. The maximum atomic E-state index is 12.6. The number of fused-ring (bicyclic) bond motifs is 1. The third kappa shape index (κ3) is 6.84. The Kier molecular flexibility index (Phi) is 9.08. The lowest BCUT2D eigenvalue weighted by Crippen LogP contribution is -2.32. The molecule has 1 aliphatic rings. The minimum atomic E-state index is -0.959. The second kappa shape index (κ2) is 12.6. The highest BCUT2D eigenvalue weighted by Gasteiger charge is 2.28. The Balaban J connectivity index is 1.42. The topological polar surface area (TPSA) is 106 Å². The maximum absolute atomic E-state index is 12.6. The van der Waals surface area contributed by atoms with Crippen LogP contribution in [0.1, 0.15) is 51.7 Å². The standard InChI is InChI=1S/C27H26BrN3O5S/c1-2-35-27(34)23-20-10-6-7-11-22(20)37-26(23)30-24(32)25(33)31-29-15-18-14-19(28)12-13-21(18)36-16-17-8-4-3-5-9-17/h3-5,8-9,12-15H,2,6-7,10-11,16H2,1H3,(H,30,32)(H,31,33)/b29-15-. The van der Waals surface area contributed by atoms with Crippen LogP contribution in [0.25, 0.3) is 0 Å². The van der Waals surface area contributed by atoms with Crippen LogP contribution in [0.15, 0.2) is 58.1 Å². The van der Waals surface area contributed by atoms with Crippen molar-refractivity contribution >= 4 is 56.3 Å². The number of benzene rings is 2. The molecule has 1 heterocycles. The van der Waals surface area contributed by atoms with Crippen LogP contribution >= 0.6 is 27.3 Å². The summed E-state index contributed by atoms with van der Waals surface area (Å²) in [5, 5.41) is 6.85. The average molecular weight is 584 g/mol. The van der Waals surface area contributed by atoms with E-state index >= 15 is 0 Å². The summed E-state index contributed by atoms with van der Waals surface area (Å²) in [5.41, 5.74) is 5.12. The number of esters is 1. The van der Waals surface area contributed by atoms with Gasteiger partial charge in [0, 0.05) is 14.9 Å². The lowest BCUT2D eigenvalue weighted by molar-refractivity contribution is -0.136. The molecule has 8 nitrogen and oxygen atoms in total. The molecule has 0 bridgehead atoms. The first-order chi connectivity index (χ1) is 18.0. The minimum absolute atomic E-state index is 0.221. The number of amides is 2. The quantitative estimate of drug-likeness (QED) is 0.163. The molecule has 0 atom stereocenters. The van der Waals surface area contributed by atoms with Gasteiger partial charge in [-0.25, -0.2) is 10.2 Å². The number of hydrogen-bond acceptors (Lipinski definition) is 7. The number of aryl methyl sites for hydroxylation is 1. The summed E-state index contributed by atoms with van der Waals surface area (Å²) in [6, 6.07) is 15.1. The molecule has 0 saturated carbocycles. The number of thiophene rings is 1. The molecule has 0 unspecified atom stereocenters. The number of carbonyl (C=O) groups is 3. The van der Waals surface area contributed by atoms with Gasteiger partial charge in [0.1, 0.15) is 17.4 Å². The van der Waals surface area contributed by atoms with Gasteiger partial charge in [-0.05, 0) is 61.9 Å². The fourth-order valence-corrected chi connectivity index (χ4v) is 5.58. The highest BCUT2D eigenvalue weighted by molar-refractivity contribution is 9.10. The average Bonchev–Trinajstić information content (AvgIpc) is 3.26. The van der Waals surface area contributed by atoms with Gasteiger partial charge in [-0.3, -0.25) is 9.59 Å². The predicted octanol–water partition coefficient (Wildman–Crippen LogP) is 5.23. The number of rotatable bonds is 8. The van der Waals surface area contributed by atoms with E-state index in [1.54, 1.807) is 19.1 Å². The maximum Gasteiger partial charge on any atom is 0.341 e. The van der Waals surface area contributed by atoms with Gasteiger partial charge >= 0.3 is 17.8 Å². The van der Waals surface area contributed by atoms with E-state index < -0.39 is 17.8 Å². The van der Waals surface area contributed by atoms with E-state index in [0.29, 0.717) is 28.5 Å². The van der Waals surface area contributed by atoms with Crippen molar-refractivity contribution in [1.29, 1.82) is 0 Å². The van der Waals surface area contributed by atoms with Gasteiger partial charge in [0.25, 0.3) is 0 Å². The molecule has 0 saturated heterocycles. The van der Waals surface area contributed by atoms with Crippen LogP contribution < -0.4 is 15.5 Å².